The Morgan fingerprint density at radius 2 is 1.64 bits per heavy atom. The van der Waals surface area contributed by atoms with Crippen LogP contribution >= 0.6 is 23.7 Å². The van der Waals surface area contributed by atoms with Gasteiger partial charge in [-0.1, -0.05) is 41.7 Å². The van der Waals surface area contributed by atoms with Crippen LogP contribution in [0.3, 0.4) is 0 Å². The molecule has 0 aliphatic carbocycles. The third kappa shape index (κ3) is 7.34. The Hall–Kier alpha value is -3.02. The van der Waals surface area contributed by atoms with Gasteiger partial charge in [0.1, 0.15) is 5.75 Å². The van der Waals surface area contributed by atoms with Crippen LogP contribution in [0.25, 0.3) is 10.2 Å². The van der Waals surface area contributed by atoms with Crippen LogP contribution in [0.4, 0.5) is 5.13 Å². The van der Waals surface area contributed by atoms with Crippen LogP contribution in [-0.4, -0.2) is 69.9 Å². The maximum absolute atomic E-state index is 13.7. The molecule has 0 aliphatic heterocycles. The number of hydrogen-bond acceptors (Lipinski definition) is 7. The number of amides is 1. The summed E-state index contributed by atoms with van der Waals surface area (Å²) < 4.78 is 33.8. The van der Waals surface area contributed by atoms with Gasteiger partial charge in [-0.05, 0) is 75.1 Å². The van der Waals surface area contributed by atoms with Crippen LogP contribution in [0.5, 0.6) is 5.75 Å². The summed E-state index contributed by atoms with van der Waals surface area (Å²) in [7, 11) is 3.43. The summed E-state index contributed by atoms with van der Waals surface area (Å²) >= 11 is 1.43. The number of ether oxygens (including phenoxy) is 1. The van der Waals surface area contributed by atoms with E-state index in [1.165, 1.54) is 27.8 Å². The Bertz CT molecular complexity index is 1490. The van der Waals surface area contributed by atoms with Crippen LogP contribution in [0.2, 0.25) is 0 Å². The second-order valence-electron chi connectivity index (χ2n) is 9.21. The lowest BCUT2D eigenvalue weighted by Gasteiger charge is -2.21. The molecule has 39 heavy (non-hydrogen) atoms. The number of nitrogens with zero attached hydrogens (tertiary/aromatic N) is 4. The molecule has 0 aliphatic rings. The molecule has 208 valence electrons. The van der Waals surface area contributed by atoms with Crippen LogP contribution in [0.15, 0.2) is 77.7 Å². The van der Waals surface area contributed by atoms with Crippen molar-refractivity contribution in [3.05, 3.63) is 83.9 Å². The molecule has 0 spiro atoms. The average molecular weight is 589 g/mol. The number of sulfonamides is 1. The second-order valence-corrected chi connectivity index (χ2v) is 12.3. The quantitative estimate of drug-likeness (QED) is 0.241. The van der Waals surface area contributed by atoms with Crippen molar-refractivity contribution in [1.82, 2.24) is 14.2 Å². The Morgan fingerprint density at radius 1 is 0.949 bits per heavy atom. The number of carbonyl (C=O) groups is 1. The van der Waals surface area contributed by atoms with Gasteiger partial charge in [0.25, 0.3) is 5.91 Å². The Morgan fingerprint density at radius 3 is 2.28 bits per heavy atom. The molecule has 1 amide bonds. The van der Waals surface area contributed by atoms with Gasteiger partial charge in [-0.25, -0.2) is 13.4 Å². The predicted octanol–water partition coefficient (Wildman–Crippen LogP) is 5.15. The molecule has 3 aromatic carbocycles. The van der Waals surface area contributed by atoms with E-state index in [1.54, 1.807) is 31.2 Å². The van der Waals surface area contributed by atoms with Crippen molar-refractivity contribution in [1.29, 1.82) is 0 Å². The third-order valence-corrected chi connectivity index (χ3v) is 8.96. The normalized spacial score (nSPS) is 11.5. The fourth-order valence-electron chi connectivity index (χ4n) is 4.00. The molecule has 0 saturated carbocycles. The number of hydrogen-bond donors (Lipinski definition) is 0. The number of benzene rings is 3. The predicted molar refractivity (Wildman–Crippen MR) is 160 cm³/mol. The van der Waals surface area contributed by atoms with Crippen molar-refractivity contribution in [2.75, 3.05) is 46.2 Å². The van der Waals surface area contributed by atoms with E-state index in [4.69, 9.17) is 9.72 Å². The zero-order valence-electron chi connectivity index (χ0n) is 22.4. The van der Waals surface area contributed by atoms with Gasteiger partial charge in [0.05, 0.1) is 22.2 Å². The molecule has 0 atom stereocenters. The van der Waals surface area contributed by atoms with Crippen molar-refractivity contribution in [2.45, 2.75) is 17.9 Å². The zero-order chi connectivity index (χ0) is 27.3. The molecule has 8 nitrogen and oxygen atoms in total. The highest BCUT2D eigenvalue weighted by Crippen LogP contribution is 2.32. The summed E-state index contributed by atoms with van der Waals surface area (Å²) in [4.78, 5) is 22.2. The van der Waals surface area contributed by atoms with Crippen LogP contribution < -0.4 is 9.64 Å². The van der Waals surface area contributed by atoms with Gasteiger partial charge in [0.2, 0.25) is 10.0 Å². The summed E-state index contributed by atoms with van der Waals surface area (Å²) in [5.41, 5.74) is 2.09. The molecule has 4 rings (SSSR count). The maximum Gasteiger partial charge on any atom is 0.260 e. The minimum atomic E-state index is -3.72. The fraction of sp³-hybridized carbons (Fsp3) is 0.286. The number of halogens is 1. The van der Waals surface area contributed by atoms with Crippen molar-refractivity contribution in [3.63, 3.8) is 0 Å². The molecule has 0 N–H and O–H groups in total. The van der Waals surface area contributed by atoms with Crippen LogP contribution in [0.1, 0.15) is 22.3 Å². The molecule has 0 saturated heterocycles. The van der Waals surface area contributed by atoms with Crippen LogP contribution in [0, 0.1) is 0 Å². The van der Waals surface area contributed by atoms with Crippen LogP contribution in [-0.2, 0) is 16.6 Å². The Balaban J connectivity index is 0.00000420. The lowest BCUT2D eigenvalue weighted by atomic mass is 10.2. The zero-order valence-corrected chi connectivity index (χ0v) is 24.9. The molecule has 4 aromatic rings. The minimum absolute atomic E-state index is 0. The van der Waals surface area contributed by atoms with E-state index < -0.39 is 10.0 Å². The smallest absolute Gasteiger partial charge is 0.260 e. The summed E-state index contributed by atoms with van der Waals surface area (Å²) in [5.74, 6) is 0.503. The lowest BCUT2D eigenvalue weighted by Crippen LogP contribution is -2.33. The number of fused-ring (bicyclic) bond motifs is 1. The van der Waals surface area contributed by atoms with E-state index in [-0.39, 0.29) is 29.8 Å². The average Bonchev–Trinajstić information content (AvgIpc) is 3.34. The summed E-state index contributed by atoms with van der Waals surface area (Å²) in [5, 5.41) is 0.594. The van der Waals surface area contributed by atoms with Gasteiger partial charge in [-0.15, -0.1) is 12.4 Å². The number of anilines is 1. The lowest BCUT2D eigenvalue weighted by molar-refractivity contribution is 0.0986. The number of rotatable bonds is 11. The van der Waals surface area contributed by atoms with Gasteiger partial charge in [-0.3, -0.25) is 9.69 Å². The van der Waals surface area contributed by atoms with E-state index in [1.807, 2.05) is 62.6 Å². The SMILES string of the molecule is COc1ccc2nc(N(CCCN(C)C)C(=O)c3ccc(S(=O)(=O)N(C)Cc4ccccc4)cc3)sc2c1.Cl. The number of methoxy groups -OCH3 is 1. The standard InChI is InChI=1S/C28H32N4O4S2.ClH/c1-30(2)17-8-18-32(28-29-25-16-13-23(36-4)19-26(25)37-28)27(33)22-11-14-24(15-12-22)38(34,35)31(3)20-21-9-6-5-7-10-21;/h5-7,9-16,19H,8,17-18,20H2,1-4H3;1H. The van der Waals surface area contributed by atoms with Gasteiger partial charge in [0, 0.05) is 25.7 Å². The molecule has 1 heterocycles. The molecular weight excluding hydrogens is 556 g/mol. The minimum Gasteiger partial charge on any atom is -0.497 e. The Labute approximate surface area is 240 Å². The van der Waals surface area contributed by atoms with Crippen molar-refractivity contribution < 1.29 is 17.9 Å². The van der Waals surface area contributed by atoms with E-state index >= 15 is 0 Å². The van der Waals surface area contributed by atoms with E-state index in [9.17, 15) is 13.2 Å². The largest absolute Gasteiger partial charge is 0.497 e. The third-order valence-electron chi connectivity index (χ3n) is 6.10. The van der Waals surface area contributed by atoms with E-state index in [2.05, 4.69) is 4.90 Å². The molecule has 11 heteroatoms. The Kier molecular flexibility index (Phi) is 10.5. The number of thiazole rings is 1. The summed E-state index contributed by atoms with van der Waals surface area (Å²) in [6, 6.07) is 21.2. The molecule has 0 unspecified atom stereocenters. The van der Waals surface area contributed by atoms with E-state index in [0.717, 1.165) is 34.5 Å². The van der Waals surface area contributed by atoms with E-state index in [0.29, 0.717) is 17.2 Å². The number of aromatic nitrogens is 1. The van der Waals surface area contributed by atoms with Gasteiger partial charge < -0.3 is 9.64 Å². The van der Waals surface area contributed by atoms with Crippen molar-refractivity contribution in [3.8, 4) is 5.75 Å². The fourth-order valence-corrected chi connectivity index (χ4v) is 6.17. The molecule has 1 aromatic heterocycles. The molecular formula is C28H33ClN4O4S2. The highest BCUT2D eigenvalue weighted by molar-refractivity contribution is 7.89. The first-order valence-corrected chi connectivity index (χ1v) is 14.5. The van der Waals surface area contributed by atoms with Gasteiger partial charge in [0.15, 0.2) is 5.13 Å². The maximum atomic E-state index is 13.7. The van der Waals surface area contributed by atoms with Crippen molar-refractivity contribution >= 4 is 55.0 Å². The first-order valence-electron chi connectivity index (χ1n) is 12.2. The highest BCUT2D eigenvalue weighted by atomic mass is 35.5. The molecule has 0 bridgehead atoms. The monoisotopic (exact) mass is 588 g/mol. The second kappa shape index (κ2) is 13.4. The number of carbonyl (C=O) groups excluding carboxylic acids is 1. The van der Waals surface area contributed by atoms with Gasteiger partial charge in [-0.2, -0.15) is 4.31 Å². The first-order chi connectivity index (χ1) is 18.2. The first kappa shape index (κ1) is 30.5. The molecule has 0 radical (unpaired) electrons. The highest BCUT2D eigenvalue weighted by Gasteiger charge is 2.24. The molecule has 0 fully saturated rings. The topological polar surface area (TPSA) is 83.0 Å². The summed E-state index contributed by atoms with van der Waals surface area (Å²) in [6.45, 7) is 1.55. The summed E-state index contributed by atoms with van der Waals surface area (Å²) in [6.07, 6.45) is 0.759. The van der Waals surface area contributed by atoms with Crippen molar-refractivity contribution in [2.24, 2.45) is 0 Å². The van der Waals surface area contributed by atoms with Gasteiger partial charge >= 0.3 is 0 Å².